The summed E-state index contributed by atoms with van der Waals surface area (Å²) in [4.78, 5) is 33.4. The summed E-state index contributed by atoms with van der Waals surface area (Å²) in [6, 6.07) is 23.5. The van der Waals surface area contributed by atoms with Gasteiger partial charge in [-0.3, -0.25) is 9.59 Å². The maximum absolute atomic E-state index is 12.3. The maximum Gasteiger partial charge on any atom is 0.255 e. The summed E-state index contributed by atoms with van der Waals surface area (Å²) in [7, 11) is 3.14. The molecule has 4 N–H and O–H groups in total. The zero-order valence-corrected chi connectivity index (χ0v) is 25.9. The Kier molecular flexibility index (Phi) is 8.69. The summed E-state index contributed by atoms with van der Waals surface area (Å²) in [5, 5.41) is 6.71. The molecule has 0 fully saturated rings. The molecule has 236 valence electrons. The van der Waals surface area contributed by atoms with Gasteiger partial charge in [-0.15, -0.1) is 0 Å². The number of ether oxygens (including phenoxy) is 3. The maximum atomic E-state index is 12.3. The van der Waals surface area contributed by atoms with Crippen LogP contribution in [0.3, 0.4) is 0 Å². The van der Waals surface area contributed by atoms with Crippen LogP contribution in [-0.4, -0.2) is 35.9 Å². The standard InChI is InChI=1S/C36H31N5O6/c1-21-34(35(43)38-2)25-14-13-24(16-30(25)46-21)47-36-26-17-32(31(44-3)18-29(26)39-20-40-36)45-19-23-10-8-22(9-11-23)12-15-33(42)41-28-7-5-4-6-27(28)37/h4-18,20H,19,37H2,1-3H3,(H,38,43)(H,41,42)/b15-12+. The normalized spacial score (nSPS) is 11.1. The lowest BCUT2D eigenvalue weighted by Gasteiger charge is -2.13. The molecule has 2 heterocycles. The fourth-order valence-electron chi connectivity index (χ4n) is 5.02. The van der Waals surface area contributed by atoms with Crippen molar-refractivity contribution in [1.29, 1.82) is 0 Å². The van der Waals surface area contributed by atoms with Gasteiger partial charge in [-0.2, -0.15) is 0 Å². The highest BCUT2D eigenvalue weighted by Crippen LogP contribution is 2.37. The van der Waals surface area contributed by atoms with Gasteiger partial charge in [-0.1, -0.05) is 36.4 Å². The number of hydrogen-bond acceptors (Lipinski definition) is 9. The Bertz CT molecular complexity index is 2140. The molecule has 0 bridgehead atoms. The van der Waals surface area contributed by atoms with Crippen molar-refractivity contribution in [3.63, 3.8) is 0 Å². The predicted molar refractivity (Wildman–Crippen MR) is 180 cm³/mol. The van der Waals surface area contributed by atoms with Crippen LogP contribution in [0, 0.1) is 6.92 Å². The lowest BCUT2D eigenvalue weighted by molar-refractivity contribution is -0.111. The Balaban J connectivity index is 1.17. The molecule has 0 aliphatic rings. The number of para-hydroxylation sites is 2. The molecule has 0 aliphatic heterocycles. The van der Waals surface area contributed by atoms with E-state index in [-0.39, 0.29) is 18.4 Å². The Morgan fingerprint density at radius 1 is 0.957 bits per heavy atom. The number of nitrogens with two attached hydrogens (primary N) is 1. The Labute approximate surface area is 270 Å². The number of amides is 2. The van der Waals surface area contributed by atoms with Crippen molar-refractivity contribution in [3.05, 3.63) is 114 Å². The number of fused-ring (bicyclic) bond motifs is 2. The van der Waals surface area contributed by atoms with Crippen molar-refractivity contribution in [3.8, 4) is 23.1 Å². The van der Waals surface area contributed by atoms with Gasteiger partial charge in [0.15, 0.2) is 11.5 Å². The number of hydrogen-bond donors (Lipinski definition) is 3. The number of furan rings is 1. The monoisotopic (exact) mass is 629 g/mol. The van der Waals surface area contributed by atoms with E-state index in [1.54, 1.807) is 81.8 Å². The first kappa shape index (κ1) is 30.7. The molecule has 0 aliphatic carbocycles. The van der Waals surface area contributed by atoms with Gasteiger partial charge in [0, 0.05) is 30.6 Å². The largest absolute Gasteiger partial charge is 0.493 e. The molecule has 11 heteroatoms. The fraction of sp³-hybridized carbons (Fsp3) is 0.111. The first-order valence-corrected chi connectivity index (χ1v) is 14.6. The van der Waals surface area contributed by atoms with Gasteiger partial charge in [0.1, 0.15) is 30.0 Å². The predicted octanol–water partition coefficient (Wildman–Crippen LogP) is 6.66. The molecule has 2 amide bonds. The summed E-state index contributed by atoms with van der Waals surface area (Å²) in [6.07, 6.45) is 4.59. The molecule has 11 nitrogen and oxygen atoms in total. The number of benzene rings is 4. The average Bonchev–Trinajstić information content (AvgIpc) is 3.42. The van der Waals surface area contributed by atoms with Crippen LogP contribution in [0.4, 0.5) is 11.4 Å². The van der Waals surface area contributed by atoms with Crippen LogP contribution in [-0.2, 0) is 11.4 Å². The smallest absolute Gasteiger partial charge is 0.255 e. The van der Waals surface area contributed by atoms with E-state index in [1.807, 2.05) is 24.3 Å². The van der Waals surface area contributed by atoms with Gasteiger partial charge in [0.05, 0.1) is 35.0 Å². The summed E-state index contributed by atoms with van der Waals surface area (Å²) < 4.78 is 23.8. The topological polar surface area (TPSA) is 151 Å². The van der Waals surface area contributed by atoms with Crippen LogP contribution < -0.4 is 30.6 Å². The molecule has 6 aromatic rings. The van der Waals surface area contributed by atoms with E-state index in [9.17, 15) is 9.59 Å². The number of methoxy groups -OCH3 is 1. The summed E-state index contributed by atoms with van der Waals surface area (Å²) >= 11 is 0. The summed E-state index contributed by atoms with van der Waals surface area (Å²) in [5.74, 6) is 1.78. The van der Waals surface area contributed by atoms with Crippen LogP contribution in [0.1, 0.15) is 27.2 Å². The van der Waals surface area contributed by atoms with Crippen LogP contribution >= 0.6 is 0 Å². The number of aromatic nitrogens is 2. The van der Waals surface area contributed by atoms with E-state index in [0.717, 1.165) is 11.1 Å². The highest BCUT2D eigenvalue weighted by atomic mass is 16.5. The zero-order valence-electron chi connectivity index (χ0n) is 25.9. The van der Waals surface area contributed by atoms with Gasteiger partial charge in [-0.05, 0) is 54.5 Å². The fourth-order valence-corrected chi connectivity index (χ4v) is 5.02. The minimum absolute atomic E-state index is 0.221. The van der Waals surface area contributed by atoms with Crippen molar-refractivity contribution < 1.29 is 28.2 Å². The van der Waals surface area contributed by atoms with E-state index in [2.05, 4.69) is 20.6 Å². The Morgan fingerprint density at radius 2 is 1.77 bits per heavy atom. The molecule has 0 saturated carbocycles. The van der Waals surface area contributed by atoms with Gasteiger partial charge in [0.25, 0.3) is 5.91 Å². The van der Waals surface area contributed by atoms with Crippen molar-refractivity contribution in [2.75, 3.05) is 25.2 Å². The first-order chi connectivity index (χ1) is 22.8. The van der Waals surface area contributed by atoms with Gasteiger partial charge < -0.3 is 35.0 Å². The third kappa shape index (κ3) is 6.69. The Morgan fingerprint density at radius 3 is 2.53 bits per heavy atom. The third-order valence-electron chi connectivity index (χ3n) is 7.41. The number of nitrogens with zero attached hydrogens (tertiary/aromatic N) is 2. The second-order valence-electron chi connectivity index (χ2n) is 10.5. The van der Waals surface area contributed by atoms with E-state index < -0.39 is 0 Å². The second kappa shape index (κ2) is 13.3. The zero-order chi connectivity index (χ0) is 32.9. The van der Waals surface area contributed by atoms with Crippen LogP contribution in [0.25, 0.3) is 27.9 Å². The number of anilines is 2. The number of carbonyl (C=O) groups is 2. The van der Waals surface area contributed by atoms with E-state index in [0.29, 0.717) is 67.7 Å². The number of rotatable bonds is 10. The van der Waals surface area contributed by atoms with E-state index >= 15 is 0 Å². The number of nitrogen functional groups attached to an aromatic ring is 1. The third-order valence-corrected chi connectivity index (χ3v) is 7.41. The van der Waals surface area contributed by atoms with Crippen molar-refractivity contribution in [2.24, 2.45) is 0 Å². The van der Waals surface area contributed by atoms with Gasteiger partial charge in [-0.25, -0.2) is 9.97 Å². The number of aryl methyl sites for hydroxylation is 1. The molecule has 47 heavy (non-hydrogen) atoms. The molecule has 0 saturated heterocycles. The second-order valence-corrected chi connectivity index (χ2v) is 10.5. The van der Waals surface area contributed by atoms with Crippen LogP contribution in [0.5, 0.6) is 23.1 Å². The quantitative estimate of drug-likeness (QED) is 0.112. The van der Waals surface area contributed by atoms with Crippen molar-refractivity contribution in [1.82, 2.24) is 15.3 Å². The minimum atomic E-state index is -0.280. The molecular weight excluding hydrogens is 598 g/mol. The number of carbonyl (C=O) groups excluding carboxylic acids is 2. The highest BCUT2D eigenvalue weighted by Gasteiger charge is 2.19. The van der Waals surface area contributed by atoms with Gasteiger partial charge in [0.2, 0.25) is 11.8 Å². The molecule has 0 atom stereocenters. The molecule has 2 aromatic heterocycles. The van der Waals surface area contributed by atoms with Gasteiger partial charge >= 0.3 is 0 Å². The lowest BCUT2D eigenvalue weighted by Crippen LogP contribution is -2.18. The SMILES string of the molecule is CNC(=O)c1c(C)oc2cc(Oc3ncnc4cc(OC)c(OCc5ccc(/C=C/C(=O)Nc6ccccc6N)cc5)cc34)ccc12. The Hall–Kier alpha value is -6.36. The van der Waals surface area contributed by atoms with E-state index in [4.69, 9.17) is 24.4 Å². The summed E-state index contributed by atoms with van der Waals surface area (Å²) in [5.41, 5.74) is 10.3. The molecule has 0 unspecified atom stereocenters. The molecule has 0 radical (unpaired) electrons. The molecule has 6 rings (SSSR count). The number of nitrogens with one attached hydrogen (secondary N) is 2. The molecule has 0 spiro atoms. The summed E-state index contributed by atoms with van der Waals surface area (Å²) in [6.45, 7) is 2.00. The van der Waals surface area contributed by atoms with Crippen LogP contribution in [0.2, 0.25) is 0 Å². The highest BCUT2D eigenvalue weighted by molar-refractivity contribution is 6.07. The van der Waals surface area contributed by atoms with Crippen molar-refractivity contribution >= 4 is 51.1 Å². The molecular formula is C36H31N5O6. The van der Waals surface area contributed by atoms with E-state index in [1.165, 1.54) is 12.4 Å². The van der Waals surface area contributed by atoms with Crippen molar-refractivity contribution in [2.45, 2.75) is 13.5 Å². The van der Waals surface area contributed by atoms with Crippen LogP contribution in [0.15, 0.2) is 95.7 Å². The molecule has 4 aromatic carbocycles. The lowest BCUT2D eigenvalue weighted by atomic mass is 10.1. The first-order valence-electron chi connectivity index (χ1n) is 14.6. The average molecular weight is 630 g/mol. The minimum Gasteiger partial charge on any atom is -0.493 e.